The Labute approximate surface area is 272 Å². The summed E-state index contributed by atoms with van der Waals surface area (Å²) in [4.78, 5) is 14.9. The lowest BCUT2D eigenvalue weighted by Crippen LogP contribution is -2.46. The molecule has 0 spiro atoms. The summed E-state index contributed by atoms with van der Waals surface area (Å²) in [6.07, 6.45) is -3.06. The van der Waals surface area contributed by atoms with Crippen molar-refractivity contribution in [2.45, 2.75) is 56.6 Å². The molecule has 1 aliphatic heterocycles. The zero-order valence-electron chi connectivity index (χ0n) is 24.8. The first-order chi connectivity index (χ1) is 21.4. The number of piperidine rings is 1. The minimum absolute atomic E-state index is 0.00639. The summed E-state index contributed by atoms with van der Waals surface area (Å²) >= 11 is 12.5. The highest BCUT2D eigenvalue weighted by Crippen LogP contribution is 2.37. The van der Waals surface area contributed by atoms with E-state index in [9.17, 15) is 26.4 Å². The summed E-state index contributed by atoms with van der Waals surface area (Å²) in [7, 11) is -3.63. The lowest BCUT2D eigenvalue weighted by atomic mass is 10.00. The van der Waals surface area contributed by atoms with Crippen LogP contribution in [0.4, 0.5) is 13.2 Å². The van der Waals surface area contributed by atoms with E-state index in [-0.39, 0.29) is 56.5 Å². The van der Waals surface area contributed by atoms with Crippen LogP contribution in [0.1, 0.15) is 52.4 Å². The summed E-state index contributed by atoms with van der Waals surface area (Å²) in [5, 5.41) is 6.03. The second-order valence-electron chi connectivity index (χ2n) is 10.9. The van der Waals surface area contributed by atoms with E-state index in [1.807, 2.05) is 35.2 Å². The first-order valence-corrected chi connectivity index (χ1v) is 17.0. The number of carbonyl (C=O) groups is 1. The molecule has 1 fully saturated rings. The van der Waals surface area contributed by atoms with E-state index < -0.39 is 27.5 Å². The largest absolute Gasteiger partial charge is 0.416 e. The zero-order valence-corrected chi connectivity index (χ0v) is 27.1. The van der Waals surface area contributed by atoms with Gasteiger partial charge < -0.3 is 15.4 Å². The van der Waals surface area contributed by atoms with Crippen LogP contribution < -0.4 is 10.6 Å². The van der Waals surface area contributed by atoms with Crippen LogP contribution in [0, 0.1) is 0 Å². The number of hydrogen-bond acceptors (Lipinski definition) is 6. The normalized spacial score (nSPS) is 16.1. The van der Waals surface area contributed by atoms with Gasteiger partial charge in [-0.2, -0.15) is 13.2 Å². The van der Waals surface area contributed by atoms with Crippen LogP contribution in [0.15, 0.2) is 65.6 Å². The maximum atomic E-state index is 14.3. The highest BCUT2D eigenvalue weighted by Gasteiger charge is 2.36. The molecule has 3 aromatic carbocycles. The fourth-order valence-electron chi connectivity index (χ4n) is 5.29. The monoisotopic (exact) mass is 685 g/mol. The Kier molecular flexibility index (Phi) is 12.3. The van der Waals surface area contributed by atoms with Crippen LogP contribution in [-0.4, -0.2) is 57.3 Å². The molecule has 0 aliphatic carbocycles. The molecule has 4 rings (SSSR count). The molecule has 1 aliphatic rings. The average Bonchev–Trinajstić information content (AvgIpc) is 3.00. The number of ether oxygens (including phenoxy) is 1. The lowest BCUT2D eigenvalue weighted by molar-refractivity contribution is -0.138. The van der Waals surface area contributed by atoms with E-state index in [1.54, 1.807) is 0 Å². The van der Waals surface area contributed by atoms with Gasteiger partial charge in [0.1, 0.15) is 0 Å². The maximum absolute atomic E-state index is 14.3. The van der Waals surface area contributed by atoms with Gasteiger partial charge in [-0.3, -0.25) is 9.69 Å². The van der Waals surface area contributed by atoms with Crippen molar-refractivity contribution in [2.75, 3.05) is 32.0 Å². The van der Waals surface area contributed by atoms with Gasteiger partial charge in [-0.25, -0.2) is 8.42 Å². The molecule has 1 atom stereocenters. The van der Waals surface area contributed by atoms with Crippen molar-refractivity contribution in [1.82, 2.24) is 15.5 Å². The lowest BCUT2D eigenvalue weighted by Gasteiger charge is -2.34. The van der Waals surface area contributed by atoms with Gasteiger partial charge in [0.2, 0.25) is 0 Å². The molecule has 0 bridgehead atoms. The van der Waals surface area contributed by atoms with Gasteiger partial charge in [0.25, 0.3) is 5.91 Å². The Hall–Kier alpha value is -2.67. The molecule has 2 N–H and O–H groups in total. The number of amides is 1. The molecule has 244 valence electrons. The molecule has 1 heterocycles. The van der Waals surface area contributed by atoms with Crippen molar-refractivity contribution in [3.63, 3.8) is 0 Å². The molecular weight excluding hydrogens is 650 g/mol. The first kappa shape index (κ1) is 35.2. The van der Waals surface area contributed by atoms with Crippen molar-refractivity contribution in [2.24, 2.45) is 0 Å². The number of nitrogens with one attached hydrogen (secondary N) is 2. The van der Waals surface area contributed by atoms with Gasteiger partial charge in [0.05, 0.1) is 29.4 Å². The summed E-state index contributed by atoms with van der Waals surface area (Å²) < 4.78 is 73.5. The third-order valence-corrected chi connectivity index (χ3v) is 10.0. The molecule has 7 nitrogen and oxygen atoms in total. The second-order valence-corrected chi connectivity index (χ2v) is 14.0. The molecule has 13 heteroatoms. The Morgan fingerprint density at radius 1 is 1.09 bits per heavy atom. The van der Waals surface area contributed by atoms with Crippen molar-refractivity contribution in [1.29, 1.82) is 0 Å². The quantitative estimate of drug-likeness (QED) is 0.200. The third-order valence-electron chi connectivity index (χ3n) is 7.62. The van der Waals surface area contributed by atoms with Gasteiger partial charge in [-0.15, -0.1) is 0 Å². The molecule has 0 unspecified atom stereocenters. The van der Waals surface area contributed by atoms with E-state index in [0.717, 1.165) is 24.5 Å². The van der Waals surface area contributed by atoms with E-state index in [0.29, 0.717) is 32.8 Å². The van der Waals surface area contributed by atoms with Crippen molar-refractivity contribution < 1.29 is 31.1 Å². The number of nitrogens with zero attached hydrogens (tertiary/aromatic N) is 1. The molecule has 1 amide bonds. The number of hydrogen-bond donors (Lipinski definition) is 2. The van der Waals surface area contributed by atoms with Crippen LogP contribution in [0.2, 0.25) is 10.0 Å². The summed E-state index contributed by atoms with van der Waals surface area (Å²) in [5.41, 5.74) is -0.0562. The molecule has 45 heavy (non-hydrogen) atoms. The number of rotatable bonds is 13. The molecular formula is C32H36Cl2F3N3O4S. The number of likely N-dealkylation sites (tertiary alicyclic amines) is 1. The number of sulfone groups is 1. The minimum atomic E-state index is -4.76. The standard InChI is InChI=1S/C32H36Cl2F3N3O4S/c1-2-45(42,43)30-11-10-25(33)15-24(30)18-39-31(41)23-16-28(32(35,36)37)27(29(34)17-23)20-40-13-6-9-26(19-40)38-12-14-44-21-22-7-4-3-5-8-22/h3-5,7-8,10-11,15-17,26,38H,2,6,9,12-14,18-21H2,1H3,(H,39,41)/t26-/m1/s1. The van der Waals surface area contributed by atoms with Crippen molar-refractivity contribution >= 4 is 38.9 Å². The Morgan fingerprint density at radius 2 is 1.84 bits per heavy atom. The van der Waals surface area contributed by atoms with Gasteiger partial charge in [0.15, 0.2) is 9.84 Å². The SMILES string of the molecule is CCS(=O)(=O)c1ccc(Cl)cc1CNC(=O)c1cc(Cl)c(CN2CCC[C@@H](NCCOCc3ccccc3)C2)c(C(F)(F)F)c1. The fourth-order valence-corrected chi connectivity index (χ4v) is 6.88. The molecule has 0 aromatic heterocycles. The minimum Gasteiger partial charge on any atom is -0.375 e. The topological polar surface area (TPSA) is 87.7 Å². The van der Waals surface area contributed by atoms with Gasteiger partial charge in [0, 0.05) is 47.8 Å². The average molecular weight is 687 g/mol. The molecule has 1 saturated heterocycles. The molecule has 0 radical (unpaired) electrons. The van der Waals surface area contributed by atoms with Crippen molar-refractivity contribution in [3.05, 3.63) is 98.5 Å². The summed E-state index contributed by atoms with van der Waals surface area (Å²) in [5.74, 6) is -0.996. The number of benzene rings is 3. The van der Waals surface area contributed by atoms with Crippen LogP contribution >= 0.6 is 23.2 Å². The number of alkyl halides is 3. The smallest absolute Gasteiger partial charge is 0.375 e. The van der Waals surface area contributed by atoms with Gasteiger partial charge in [-0.1, -0.05) is 60.5 Å². The van der Waals surface area contributed by atoms with Gasteiger partial charge in [-0.05, 0) is 66.4 Å². The highest BCUT2D eigenvalue weighted by molar-refractivity contribution is 7.91. The van der Waals surface area contributed by atoms with Crippen LogP contribution in [-0.2, 0) is 40.4 Å². The van der Waals surface area contributed by atoms with Crippen LogP contribution in [0.5, 0.6) is 0 Å². The van der Waals surface area contributed by atoms with Crippen LogP contribution in [0.3, 0.4) is 0 Å². The van der Waals surface area contributed by atoms with E-state index in [2.05, 4.69) is 10.6 Å². The Bertz CT molecular complexity index is 1570. The third kappa shape index (κ3) is 9.91. The van der Waals surface area contributed by atoms with Crippen LogP contribution in [0.25, 0.3) is 0 Å². The number of carbonyl (C=O) groups excluding carboxylic acids is 1. The summed E-state index contributed by atoms with van der Waals surface area (Å²) in [6, 6.07) is 16.1. The van der Waals surface area contributed by atoms with E-state index in [1.165, 1.54) is 31.2 Å². The fraction of sp³-hybridized carbons (Fsp3) is 0.406. The predicted octanol–water partition coefficient (Wildman–Crippen LogP) is 6.51. The summed E-state index contributed by atoms with van der Waals surface area (Å²) in [6.45, 7) is 3.98. The highest BCUT2D eigenvalue weighted by atomic mass is 35.5. The number of halogens is 5. The van der Waals surface area contributed by atoms with E-state index in [4.69, 9.17) is 27.9 Å². The second kappa shape index (κ2) is 15.8. The Balaban J connectivity index is 1.40. The predicted molar refractivity (Wildman–Crippen MR) is 169 cm³/mol. The Morgan fingerprint density at radius 3 is 2.56 bits per heavy atom. The van der Waals surface area contributed by atoms with Gasteiger partial charge >= 0.3 is 6.18 Å². The maximum Gasteiger partial charge on any atom is 0.416 e. The van der Waals surface area contributed by atoms with Crippen molar-refractivity contribution in [3.8, 4) is 0 Å². The first-order valence-electron chi connectivity index (χ1n) is 14.6. The molecule has 0 saturated carbocycles. The molecule has 3 aromatic rings. The zero-order chi connectivity index (χ0) is 32.6. The van der Waals surface area contributed by atoms with E-state index >= 15 is 0 Å².